The summed E-state index contributed by atoms with van der Waals surface area (Å²) >= 11 is 0. The first-order valence-electron chi connectivity index (χ1n) is 9.82. The molecule has 0 spiro atoms. The topological polar surface area (TPSA) is 114 Å². The van der Waals surface area contributed by atoms with Crippen molar-refractivity contribution < 1.29 is 42.5 Å². The number of β-amino-alcohol motifs (C(OH)–C–C–N with tert-alkyl or cyclic N) is 1. The van der Waals surface area contributed by atoms with Crippen LogP contribution in [0.4, 0.5) is 13.6 Å². The summed E-state index contributed by atoms with van der Waals surface area (Å²) in [6.45, 7) is -2.05. The Labute approximate surface area is 187 Å². The molecule has 3 amide bonds. The Balaban J connectivity index is 1.60. The molecule has 3 rings (SSSR count). The quantitative estimate of drug-likeness (QED) is 0.432. The number of aliphatic hydroxyl groups excluding tert-OH is 1. The average molecular weight is 464 g/mol. The third-order valence-electron chi connectivity index (χ3n) is 5.04. The van der Waals surface area contributed by atoms with Crippen molar-refractivity contribution in [3.8, 4) is 11.5 Å². The van der Waals surface area contributed by atoms with Crippen LogP contribution in [0.5, 0.6) is 11.5 Å². The molecule has 2 aromatic rings. The van der Waals surface area contributed by atoms with Crippen molar-refractivity contribution in [2.24, 2.45) is 0 Å². The van der Waals surface area contributed by atoms with E-state index in [2.05, 4.69) is 14.8 Å². The third kappa shape index (κ3) is 5.37. The molecule has 1 aliphatic rings. The Morgan fingerprint density at radius 2 is 1.70 bits per heavy atom. The fourth-order valence-corrected chi connectivity index (χ4v) is 3.29. The third-order valence-corrected chi connectivity index (χ3v) is 5.04. The number of rotatable bonds is 9. The number of halogens is 2. The molecule has 11 heteroatoms. The predicted octanol–water partition coefficient (Wildman–Crippen LogP) is 2.28. The van der Waals surface area contributed by atoms with Gasteiger partial charge in [0, 0.05) is 0 Å². The minimum atomic E-state index is -2.98. The highest BCUT2D eigenvalue weighted by molar-refractivity contribution is 6.07. The first kappa shape index (κ1) is 23.9. The lowest BCUT2D eigenvalue weighted by molar-refractivity contribution is -0.132. The number of hydrogen-bond acceptors (Lipinski definition) is 7. The molecule has 9 nitrogen and oxygen atoms in total. The molecule has 2 unspecified atom stereocenters. The Morgan fingerprint density at radius 3 is 2.27 bits per heavy atom. The van der Waals surface area contributed by atoms with Crippen LogP contribution >= 0.6 is 0 Å². The van der Waals surface area contributed by atoms with Crippen molar-refractivity contribution in [3.05, 3.63) is 59.7 Å². The number of carbonyl (C=O) groups excluding carboxylic acids is 3. The van der Waals surface area contributed by atoms with Crippen LogP contribution in [0.2, 0.25) is 0 Å². The summed E-state index contributed by atoms with van der Waals surface area (Å²) in [5.41, 5.74) is -0.746. The number of methoxy groups -OCH3 is 1. The van der Waals surface area contributed by atoms with E-state index in [1.165, 1.54) is 62.6 Å². The van der Waals surface area contributed by atoms with Gasteiger partial charge in [0.1, 0.15) is 29.7 Å². The van der Waals surface area contributed by atoms with Crippen molar-refractivity contribution in [3.63, 3.8) is 0 Å². The minimum Gasteiger partial charge on any atom is -0.491 e. The molecular weight excluding hydrogens is 442 g/mol. The summed E-state index contributed by atoms with van der Waals surface area (Å²) in [5, 5.41) is 12.8. The fourth-order valence-electron chi connectivity index (χ4n) is 3.29. The molecule has 2 aromatic carbocycles. The number of alkyl halides is 2. The van der Waals surface area contributed by atoms with Crippen LogP contribution in [0.3, 0.4) is 0 Å². The van der Waals surface area contributed by atoms with Gasteiger partial charge in [-0.2, -0.15) is 8.78 Å². The second-order valence-electron chi connectivity index (χ2n) is 7.35. The molecule has 1 fully saturated rings. The van der Waals surface area contributed by atoms with Crippen LogP contribution in [0.25, 0.3) is 0 Å². The van der Waals surface area contributed by atoms with Gasteiger partial charge in [-0.05, 0) is 48.9 Å². The predicted molar refractivity (Wildman–Crippen MR) is 110 cm³/mol. The molecule has 1 heterocycles. The molecule has 0 bridgehead atoms. The number of nitrogens with one attached hydrogen (secondary N) is 1. The summed E-state index contributed by atoms with van der Waals surface area (Å²) in [6.07, 6.45) is -1.19. The van der Waals surface area contributed by atoms with Gasteiger partial charge in [-0.15, -0.1) is 0 Å². The first-order chi connectivity index (χ1) is 15.6. The molecule has 176 valence electrons. The summed E-state index contributed by atoms with van der Waals surface area (Å²) in [7, 11) is 1.26. The van der Waals surface area contributed by atoms with Gasteiger partial charge in [0.05, 0.1) is 19.2 Å². The lowest BCUT2D eigenvalue weighted by Crippen LogP contribution is -2.42. The zero-order valence-corrected chi connectivity index (χ0v) is 17.8. The lowest BCUT2D eigenvalue weighted by Gasteiger charge is -2.23. The summed E-state index contributed by atoms with van der Waals surface area (Å²) in [6, 6.07) is 10.6. The van der Waals surface area contributed by atoms with Crippen LogP contribution in [0, 0.1) is 0 Å². The number of urea groups is 1. The normalized spacial score (nSPS) is 18.8. The van der Waals surface area contributed by atoms with Gasteiger partial charge in [0.2, 0.25) is 0 Å². The number of benzene rings is 2. The molecule has 0 aliphatic carbocycles. The standard InChI is InChI=1S/C22H22F2N2O7/c1-22(14-5-9-17(10-6-14)33-20(23)24)19(29)26(21(30)25-22)11-15(27)12-32-16-7-3-13(4-8-16)18(28)31-2/h3-10,15,20,27H,11-12H2,1-2H3,(H,25,30). The Bertz CT molecular complexity index is 1010. The second kappa shape index (κ2) is 9.82. The largest absolute Gasteiger partial charge is 0.491 e. The number of carbonyl (C=O) groups is 3. The molecule has 1 saturated heterocycles. The van der Waals surface area contributed by atoms with E-state index in [-0.39, 0.29) is 18.9 Å². The van der Waals surface area contributed by atoms with E-state index in [1.807, 2.05) is 0 Å². The van der Waals surface area contributed by atoms with E-state index >= 15 is 0 Å². The monoisotopic (exact) mass is 464 g/mol. The van der Waals surface area contributed by atoms with Gasteiger partial charge in [0.15, 0.2) is 0 Å². The van der Waals surface area contributed by atoms with E-state index in [0.717, 1.165) is 4.90 Å². The van der Waals surface area contributed by atoms with Gasteiger partial charge in [-0.25, -0.2) is 9.59 Å². The van der Waals surface area contributed by atoms with Gasteiger partial charge >= 0.3 is 18.6 Å². The van der Waals surface area contributed by atoms with Crippen LogP contribution in [-0.2, 0) is 15.1 Å². The van der Waals surface area contributed by atoms with Crippen LogP contribution in [-0.4, -0.2) is 60.9 Å². The van der Waals surface area contributed by atoms with Gasteiger partial charge in [-0.1, -0.05) is 12.1 Å². The molecule has 0 radical (unpaired) electrons. The van der Waals surface area contributed by atoms with Gasteiger partial charge < -0.3 is 24.6 Å². The zero-order chi connectivity index (χ0) is 24.2. The van der Waals surface area contributed by atoms with E-state index in [0.29, 0.717) is 16.9 Å². The summed E-state index contributed by atoms with van der Waals surface area (Å²) in [4.78, 5) is 37.6. The maximum absolute atomic E-state index is 12.9. The van der Waals surface area contributed by atoms with E-state index < -0.39 is 36.2 Å². The Morgan fingerprint density at radius 1 is 1.09 bits per heavy atom. The second-order valence-corrected chi connectivity index (χ2v) is 7.35. The molecule has 0 saturated carbocycles. The Kier molecular flexibility index (Phi) is 7.12. The number of amides is 3. The minimum absolute atomic E-state index is 0.0850. The molecule has 2 N–H and O–H groups in total. The zero-order valence-electron chi connectivity index (χ0n) is 17.8. The van der Waals surface area contributed by atoms with Gasteiger partial charge in [0.25, 0.3) is 5.91 Å². The number of ether oxygens (including phenoxy) is 3. The highest BCUT2D eigenvalue weighted by atomic mass is 19.3. The summed E-state index contributed by atoms with van der Waals surface area (Å²) < 4.78 is 39.0. The smallest absolute Gasteiger partial charge is 0.387 e. The van der Waals surface area contributed by atoms with Crippen LogP contribution in [0.15, 0.2) is 48.5 Å². The van der Waals surface area contributed by atoms with Crippen molar-refractivity contribution in [1.82, 2.24) is 10.2 Å². The average Bonchev–Trinajstić information content (AvgIpc) is 3.01. The van der Waals surface area contributed by atoms with E-state index in [4.69, 9.17) is 4.74 Å². The van der Waals surface area contributed by atoms with Crippen molar-refractivity contribution in [2.75, 3.05) is 20.3 Å². The number of imide groups is 1. The SMILES string of the molecule is COC(=O)c1ccc(OCC(O)CN2C(=O)NC(C)(c3ccc(OC(F)F)cc3)C2=O)cc1. The fraction of sp³-hybridized carbons (Fsp3) is 0.318. The van der Waals surface area contributed by atoms with E-state index in [1.54, 1.807) is 0 Å². The molecular formula is C22H22F2N2O7. The van der Waals surface area contributed by atoms with Crippen molar-refractivity contribution in [2.45, 2.75) is 25.2 Å². The number of nitrogens with zero attached hydrogens (tertiary/aromatic N) is 1. The van der Waals surface area contributed by atoms with Gasteiger partial charge in [-0.3, -0.25) is 9.69 Å². The van der Waals surface area contributed by atoms with Crippen molar-refractivity contribution >= 4 is 17.9 Å². The lowest BCUT2D eigenvalue weighted by atomic mass is 9.92. The highest BCUT2D eigenvalue weighted by Gasteiger charge is 2.49. The molecule has 2 atom stereocenters. The summed E-state index contributed by atoms with van der Waals surface area (Å²) in [5.74, 6) is -0.830. The number of hydrogen-bond donors (Lipinski definition) is 2. The molecule has 1 aliphatic heterocycles. The Hall–Kier alpha value is -3.73. The van der Waals surface area contributed by atoms with Crippen LogP contribution < -0.4 is 14.8 Å². The molecule has 0 aromatic heterocycles. The maximum Gasteiger partial charge on any atom is 0.387 e. The van der Waals surface area contributed by atoms with Crippen LogP contribution in [0.1, 0.15) is 22.8 Å². The highest BCUT2D eigenvalue weighted by Crippen LogP contribution is 2.30. The van der Waals surface area contributed by atoms with E-state index in [9.17, 15) is 28.3 Å². The maximum atomic E-state index is 12.9. The number of aliphatic hydroxyl groups is 1. The van der Waals surface area contributed by atoms with Crippen molar-refractivity contribution in [1.29, 1.82) is 0 Å². The number of esters is 1. The molecule has 33 heavy (non-hydrogen) atoms. The first-order valence-corrected chi connectivity index (χ1v) is 9.82.